The quantitative estimate of drug-likeness (QED) is 0.586. The third-order valence-electron chi connectivity index (χ3n) is 3.10. The summed E-state index contributed by atoms with van der Waals surface area (Å²) >= 11 is 0. The number of aromatic hydroxyl groups is 1. The molecule has 6 heteroatoms. The molecule has 6 nitrogen and oxygen atoms in total. The number of phenols is 1. The number of nitrogens with two attached hydrogens (primary N) is 1. The topological polar surface area (TPSA) is 121 Å². The van der Waals surface area contributed by atoms with Crippen LogP contribution in [0.3, 0.4) is 0 Å². The van der Waals surface area contributed by atoms with Gasteiger partial charge in [-0.1, -0.05) is 0 Å². The maximum Gasteiger partial charge on any atom is 0.339 e. The van der Waals surface area contributed by atoms with E-state index in [0.717, 1.165) is 6.07 Å². The average Bonchev–Trinajstić information content (AvgIpc) is 2.56. The zero-order valence-corrected chi connectivity index (χ0v) is 8.80. The van der Waals surface area contributed by atoms with Gasteiger partial charge in [-0.2, -0.15) is 0 Å². The van der Waals surface area contributed by atoms with Crippen LogP contribution in [0.15, 0.2) is 12.1 Å². The monoisotopic (exact) mass is 237 g/mol. The molecule has 0 aliphatic heterocycles. The van der Waals surface area contributed by atoms with E-state index in [1.165, 1.54) is 6.07 Å². The van der Waals surface area contributed by atoms with Gasteiger partial charge in [0.1, 0.15) is 16.9 Å². The predicted molar refractivity (Wildman–Crippen MR) is 56.9 cm³/mol. The molecule has 0 saturated carbocycles. The molecular formula is C11H11NO5. The largest absolute Gasteiger partial charge is 0.507 e. The van der Waals surface area contributed by atoms with Crippen LogP contribution in [0.2, 0.25) is 0 Å². The number of aryl methyl sites for hydroxylation is 1. The maximum atomic E-state index is 11.1. The summed E-state index contributed by atoms with van der Waals surface area (Å²) in [5.74, 6) is -2.90. The van der Waals surface area contributed by atoms with Crippen LogP contribution in [-0.2, 0) is 16.8 Å². The molecule has 0 radical (unpaired) electrons. The number of carboxylic acids is 2. The summed E-state index contributed by atoms with van der Waals surface area (Å²) in [5.41, 5.74) is 4.82. The molecule has 90 valence electrons. The Morgan fingerprint density at radius 1 is 1.29 bits per heavy atom. The van der Waals surface area contributed by atoms with Crippen molar-refractivity contribution in [1.29, 1.82) is 0 Å². The van der Waals surface area contributed by atoms with Gasteiger partial charge in [0.05, 0.1) is 0 Å². The van der Waals surface area contributed by atoms with Crippen molar-refractivity contribution in [1.82, 2.24) is 0 Å². The zero-order chi connectivity index (χ0) is 12.8. The Morgan fingerprint density at radius 2 is 1.94 bits per heavy atom. The fraction of sp³-hybridized carbons (Fsp3) is 0.273. The van der Waals surface area contributed by atoms with Gasteiger partial charge in [-0.05, 0) is 36.1 Å². The highest BCUT2D eigenvalue weighted by Crippen LogP contribution is 2.38. The highest BCUT2D eigenvalue weighted by molar-refractivity contribution is 5.92. The van der Waals surface area contributed by atoms with E-state index >= 15 is 0 Å². The first-order valence-electron chi connectivity index (χ1n) is 4.98. The zero-order valence-electron chi connectivity index (χ0n) is 8.80. The number of rotatable bonds is 2. The molecule has 0 saturated heterocycles. The van der Waals surface area contributed by atoms with Crippen molar-refractivity contribution in [3.05, 3.63) is 28.8 Å². The molecule has 2 rings (SSSR count). The van der Waals surface area contributed by atoms with E-state index in [4.69, 9.17) is 15.9 Å². The number of aromatic carboxylic acids is 1. The lowest BCUT2D eigenvalue weighted by atomic mass is 9.92. The van der Waals surface area contributed by atoms with E-state index in [9.17, 15) is 14.7 Å². The van der Waals surface area contributed by atoms with Gasteiger partial charge in [0, 0.05) is 0 Å². The fourth-order valence-electron chi connectivity index (χ4n) is 2.12. The van der Waals surface area contributed by atoms with Crippen LogP contribution < -0.4 is 5.73 Å². The Balaban J connectivity index is 2.61. The van der Waals surface area contributed by atoms with Gasteiger partial charge in [0.2, 0.25) is 0 Å². The summed E-state index contributed by atoms with van der Waals surface area (Å²) in [7, 11) is 0. The van der Waals surface area contributed by atoms with Crippen LogP contribution in [0.1, 0.15) is 27.9 Å². The van der Waals surface area contributed by atoms with Crippen molar-refractivity contribution in [2.75, 3.05) is 0 Å². The van der Waals surface area contributed by atoms with E-state index in [-0.39, 0.29) is 17.5 Å². The molecule has 1 aliphatic rings. The molecular weight excluding hydrogens is 226 g/mol. The Bertz CT molecular complexity index is 525. The minimum absolute atomic E-state index is 0.195. The summed E-state index contributed by atoms with van der Waals surface area (Å²) in [6.45, 7) is 0. The SMILES string of the molecule is N[C@@]1(C(=O)O)CCc2cc(C(=O)O)c(O)cc21. The van der Waals surface area contributed by atoms with Gasteiger partial charge in [-0.25, -0.2) is 9.59 Å². The van der Waals surface area contributed by atoms with Crippen molar-refractivity contribution in [2.45, 2.75) is 18.4 Å². The van der Waals surface area contributed by atoms with Crippen molar-refractivity contribution in [3.63, 3.8) is 0 Å². The molecule has 0 bridgehead atoms. The minimum atomic E-state index is -1.54. The molecule has 1 aromatic rings. The van der Waals surface area contributed by atoms with E-state index in [1.54, 1.807) is 0 Å². The predicted octanol–water partition coefficient (Wildman–Crippen LogP) is 0.275. The Labute approximate surface area is 96.3 Å². The molecule has 1 aliphatic carbocycles. The normalized spacial score (nSPS) is 22.2. The number of carbonyl (C=O) groups is 2. The molecule has 17 heavy (non-hydrogen) atoms. The highest BCUT2D eigenvalue weighted by atomic mass is 16.4. The van der Waals surface area contributed by atoms with Crippen LogP contribution in [0.5, 0.6) is 5.75 Å². The number of hydrogen-bond acceptors (Lipinski definition) is 4. The van der Waals surface area contributed by atoms with E-state index in [2.05, 4.69) is 0 Å². The van der Waals surface area contributed by atoms with Crippen LogP contribution in [0.4, 0.5) is 0 Å². The number of fused-ring (bicyclic) bond motifs is 1. The average molecular weight is 237 g/mol. The summed E-state index contributed by atoms with van der Waals surface area (Å²) < 4.78 is 0. The molecule has 0 amide bonds. The third kappa shape index (κ3) is 1.53. The van der Waals surface area contributed by atoms with Crippen LogP contribution in [0, 0.1) is 0 Å². The minimum Gasteiger partial charge on any atom is -0.507 e. The number of benzene rings is 1. The van der Waals surface area contributed by atoms with Crippen molar-refractivity contribution in [2.24, 2.45) is 5.73 Å². The molecule has 0 heterocycles. The van der Waals surface area contributed by atoms with Crippen LogP contribution >= 0.6 is 0 Å². The second kappa shape index (κ2) is 3.46. The molecule has 1 atom stereocenters. The summed E-state index contributed by atoms with van der Waals surface area (Å²) in [5, 5.41) is 27.4. The van der Waals surface area contributed by atoms with Crippen LogP contribution in [-0.4, -0.2) is 27.3 Å². The second-order valence-corrected chi connectivity index (χ2v) is 4.11. The molecule has 0 spiro atoms. The van der Waals surface area contributed by atoms with Crippen molar-refractivity contribution >= 4 is 11.9 Å². The number of carboxylic acid groups (broad SMARTS) is 2. The van der Waals surface area contributed by atoms with E-state index in [1.807, 2.05) is 0 Å². The second-order valence-electron chi connectivity index (χ2n) is 4.11. The molecule has 1 aromatic carbocycles. The fourth-order valence-corrected chi connectivity index (χ4v) is 2.12. The van der Waals surface area contributed by atoms with Crippen LogP contribution in [0.25, 0.3) is 0 Å². The lowest BCUT2D eigenvalue weighted by Gasteiger charge is -2.19. The summed E-state index contributed by atoms with van der Waals surface area (Å²) in [4.78, 5) is 21.9. The number of hydrogen-bond donors (Lipinski definition) is 4. The Morgan fingerprint density at radius 3 is 2.47 bits per heavy atom. The highest BCUT2D eigenvalue weighted by Gasteiger charge is 2.42. The van der Waals surface area contributed by atoms with Gasteiger partial charge in [0.25, 0.3) is 0 Å². The first-order chi connectivity index (χ1) is 7.86. The van der Waals surface area contributed by atoms with Crippen molar-refractivity contribution in [3.8, 4) is 5.75 Å². The van der Waals surface area contributed by atoms with Gasteiger partial charge in [-0.3, -0.25) is 0 Å². The third-order valence-corrected chi connectivity index (χ3v) is 3.10. The first-order valence-corrected chi connectivity index (χ1v) is 4.98. The lowest BCUT2D eigenvalue weighted by Crippen LogP contribution is -2.42. The molecule has 0 fully saturated rings. The number of aliphatic carboxylic acids is 1. The standard InChI is InChI=1S/C11H11NO5/c12-11(10(16)17)2-1-5-3-6(9(14)15)8(13)4-7(5)11/h3-4,13H,1-2,12H2,(H,14,15)(H,16,17)/t11-/m0/s1. The molecule has 5 N–H and O–H groups in total. The smallest absolute Gasteiger partial charge is 0.339 e. The van der Waals surface area contributed by atoms with Gasteiger partial charge < -0.3 is 21.1 Å². The maximum absolute atomic E-state index is 11.1. The molecule has 0 unspecified atom stereocenters. The Hall–Kier alpha value is -2.08. The van der Waals surface area contributed by atoms with Gasteiger partial charge >= 0.3 is 11.9 Å². The van der Waals surface area contributed by atoms with Gasteiger partial charge in [-0.15, -0.1) is 0 Å². The first kappa shape index (κ1) is 11.4. The van der Waals surface area contributed by atoms with Gasteiger partial charge in [0.15, 0.2) is 0 Å². The molecule has 0 aromatic heterocycles. The Kier molecular flexibility index (Phi) is 2.32. The summed E-state index contributed by atoms with van der Waals surface area (Å²) in [6, 6.07) is 2.42. The van der Waals surface area contributed by atoms with Crippen molar-refractivity contribution < 1.29 is 24.9 Å². The summed E-state index contributed by atoms with van der Waals surface area (Å²) in [6.07, 6.45) is 0.582. The van der Waals surface area contributed by atoms with E-state index < -0.39 is 23.2 Å². The lowest BCUT2D eigenvalue weighted by molar-refractivity contribution is -0.143. The van der Waals surface area contributed by atoms with E-state index in [0.29, 0.717) is 12.0 Å².